The van der Waals surface area contributed by atoms with E-state index >= 15 is 13.2 Å². The Morgan fingerprint density at radius 1 is 0.730 bits per heavy atom. The Kier molecular flexibility index (Phi) is 9.21. The molecule has 0 aliphatic heterocycles. The Labute approximate surface area is 217 Å². The average molecular weight is 556 g/mol. The molecule has 1 nitrogen and oxygen atoms in total. The molecule has 0 saturated carbocycles. The molecule has 9 heteroatoms. The average Bonchev–Trinajstić information content (AvgIpc) is 2.88. The summed E-state index contributed by atoms with van der Waals surface area (Å²) in [6.45, 7) is 10.3. The Hall–Kier alpha value is -2.27. The quantitative estimate of drug-likeness (QED) is 0.130. The number of benzene rings is 3. The zero-order chi connectivity index (χ0) is 27.5. The van der Waals surface area contributed by atoms with Gasteiger partial charge in [-0.3, -0.25) is 0 Å². The maximum Gasteiger partial charge on any atom is 0.258 e. The number of hydrogen-bond donors (Lipinski definition) is 0. The van der Waals surface area contributed by atoms with Crippen molar-refractivity contribution in [3.63, 3.8) is 0 Å². The van der Waals surface area contributed by atoms with Gasteiger partial charge in [-0.25, -0.2) is 22.0 Å². The minimum absolute atomic E-state index is 0.149. The summed E-state index contributed by atoms with van der Waals surface area (Å²) in [5.41, 5.74) is 0.762. The van der Waals surface area contributed by atoms with Gasteiger partial charge in [-0.2, -0.15) is 4.39 Å². The van der Waals surface area contributed by atoms with Crippen molar-refractivity contribution in [1.82, 2.24) is 0 Å². The number of hydrogen-bond acceptors (Lipinski definition) is 1. The van der Waals surface area contributed by atoms with Crippen LogP contribution in [-0.4, -0.2) is 16.4 Å². The standard InChI is InChI=1S/C28H33F6OSi2/c1-6-36(7-2,8-3)14-15-37(18(4)5,17-19-12-10-9-11-13-19)35-28-26(33)22-20(29)16-21(30)24(31)23(22)25(32)27(28)34/h9-13,18H,6-8,14-15,17H2,1-5H3. The fourth-order valence-corrected chi connectivity index (χ4v) is 14.6. The number of halogens is 6. The maximum atomic E-state index is 15.6. The van der Waals surface area contributed by atoms with Gasteiger partial charge in [0.05, 0.1) is 24.9 Å². The highest BCUT2D eigenvalue weighted by atomic mass is 28.4. The molecule has 0 saturated heterocycles. The summed E-state index contributed by atoms with van der Waals surface area (Å²) in [4.78, 5) is 0. The van der Waals surface area contributed by atoms with E-state index in [0.29, 0.717) is 12.1 Å². The summed E-state index contributed by atoms with van der Waals surface area (Å²) in [7, 11) is -4.82. The van der Waals surface area contributed by atoms with E-state index in [1.165, 1.54) is 6.07 Å². The van der Waals surface area contributed by atoms with E-state index in [-0.39, 0.29) is 5.54 Å². The van der Waals surface area contributed by atoms with Crippen molar-refractivity contribution in [2.75, 3.05) is 0 Å². The van der Waals surface area contributed by atoms with Crippen molar-refractivity contribution in [2.24, 2.45) is 0 Å². The lowest BCUT2D eigenvalue weighted by molar-refractivity contribution is 0.408. The minimum atomic E-state index is -3.14. The largest absolute Gasteiger partial charge is 0.539 e. The van der Waals surface area contributed by atoms with E-state index in [1.54, 1.807) is 0 Å². The minimum Gasteiger partial charge on any atom is -0.539 e. The molecule has 0 aliphatic rings. The van der Waals surface area contributed by atoms with Crippen LogP contribution in [0.25, 0.3) is 10.8 Å². The van der Waals surface area contributed by atoms with Crippen LogP contribution in [-0.2, 0) is 6.04 Å². The first-order valence-corrected chi connectivity index (χ1v) is 18.0. The van der Waals surface area contributed by atoms with Gasteiger partial charge in [0, 0.05) is 6.04 Å². The van der Waals surface area contributed by atoms with E-state index in [1.807, 2.05) is 44.2 Å². The molecule has 0 spiro atoms. The molecule has 3 aromatic carbocycles. The summed E-state index contributed by atoms with van der Waals surface area (Å²) in [5, 5.41) is -2.64. The van der Waals surface area contributed by atoms with Crippen molar-refractivity contribution in [2.45, 2.75) is 76.4 Å². The highest BCUT2D eigenvalue weighted by molar-refractivity contribution is 6.83. The Morgan fingerprint density at radius 3 is 1.86 bits per heavy atom. The first-order valence-electron chi connectivity index (χ1n) is 12.7. The monoisotopic (exact) mass is 555 g/mol. The van der Waals surface area contributed by atoms with Crippen LogP contribution in [0.2, 0.25) is 35.8 Å². The molecule has 0 bridgehead atoms. The van der Waals surface area contributed by atoms with Gasteiger partial charge in [0.25, 0.3) is 8.32 Å². The van der Waals surface area contributed by atoms with Gasteiger partial charge in [-0.15, -0.1) is 0 Å². The molecular formula is C28H33F6OSi2. The lowest BCUT2D eigenvalue weighted by Gasteiger charge is -2.39. The first kappa shape index (κ1) is 29.3. The molecule has 1 unspecified atom stereocenters. The molecule has 201 valence electrons. The molecular weight excluding hydrogens is 522 g/mol. The number of rotatable bonds is 11. The van der Waals surface area contributed by atoms with E-state index in [2.05, 4.69) is 20.8 Å². The summed E-state index contributed by atoms with van der Waals surface area (Å²) in [5.74, 6) is -11.7. The predicted molar refractivity (Wildman–Crippen MR) is 141 cm³/mol. The van der Waals surface area contributed by atoms with Gasteiger partial charge >= 0.3 is 0 Å². The predicted octanol–water partition coefficient (Wildman–Crippen LogP) is 9.50. The smallest absolute Gasteiger partial charge is 0.258 e. The summed E-state index contributed by atoms with van der Waals surface area (Å²) in [6, 6.07) is 15.8. The molecule has 3 rings (SSSR count). The highest BCUT2D eigenvalue weighted by Gasteiger charge is 2.45. The molecule has 0 amide bonds. The van der Waals surface area contributed by atoms with Crippen LogP contribution in [0.1, 0.15) is 40.2 Å². The van der Waals surface area contributed by atoms with E-state index in [9.17, 15) is 13.2 Å². The van der Waals surface area contributed by atoms with Crippen molar-refractivity contribution < 1.29 is 30.8 Å². The van der Waals surface area contributed by atoms with Gasteiger partial charge in [0.2, 0.25) is 5.82 Å². The van der Waals surface area contributed by atoms with E-state index in [0.717, 1.165) is 29.7 Å². The molecule has 0 N–H and O–H groups in total. The van der Waals surface area contributed by atoms with Crippen molar-refractivity contribution in [1.29, 1.82) is 0 Å². The molecule has 0 aliphatic carbocycles. The fourth-order valence-electron chi connectivity index (χ4n) is 5.15. The third kappa shape index (κ3) is 5.62. The Balaban J connectivity index is 2.22. The second-order valence-corrected chi connectivity index (χ2v) is 20.1. The highest BCUT2D eigenvalue weighted by Crippen LogP contribution is 2.42. The zero-order valence-electron chi connectivity index (χ0n) is 21.9. The zero-order valence-corrected chi connectivity index (χ0v) is 23.9. The van der Waals surface area contributed by atoms with Gasteiger partial charge in [-0.05, 0) is 17.1 Å². The van der Waals surface area contributed by atoms with Crippen molar-refractivity contribution in [3.8, 4) is 5.75 Å². The van der Waals surface area contributed by atoms with Crippen LogP contribution in [0.3, 0.4) is 0 Å². The number of fused-ring (bicyclic) bond motifs is 1. The molecule has 0 fully saturated rings. The third-order valence-electron chi connectivity index (χ3n) is 8.16. The first-order chi connectivity index (χ1) is 17.5. The summed E-state index contributed by atoms with van der Waals surface area (Å²) >= 11 is 0. The van der Waals surface area contributed by atoms with Crippen LogP contribution < -0.4 is 4.43 Å². The molecule has 3 aromatic rings. The lowest BCUT2D eigenvalue weighted by Crippen LogP contribution is -2.50. The van der Waals surface area contributed by atoms with Gasteiger partial charge in [0.15, 0.2) is 29.0 Å². The van der Waals surface area contributed by atoms with Crippen LogP contribution in [0.15, 0.2) is 30.3 Å². The van der Waals surface area contributed by atoms with Crippen LogP contribution in [0.5, 0.6) is 5.75 Å². The molecule has 0 aromatic heterocycles. The van der Waals surface area contributed by atoms with Gasteiger partial charge in [-0.1, -0.05) is 89.1 Å². The van der Waals surface area contributed by atoms with E-state index in [4.69, 9.17) is 4.43 Å². The maximum absolute atomic E-state index is 15.6. The Morgan fingerprint density at radius 2 is 1.32 bits per heavy atom. The van der Waals surface area contributed by atoms with Crippen LogP contribution >= 0.6 is 0 Å². The molecule has 0 heterocycles. The van der Waals surface area contributed by atoms with Crippen LogP contribution in [0.4, 0.5) is 26.3 Å². The second kappa shape index (κ2) is 11.6. The van der Waals surface area contributed by atoms with Crippen molar-refractivity contribution >= 4 is 27.2 Å². The third-order valence-corrected chi connectivity index (χ3v) is 19.3. The normalized spacial score (nSPS) is 13.8. The fraction of sp³-hybridized carbons (Fsp3) is 0.429. The molecule has 37 heavy (non-hydrogen) atoms. The molecule has 1 atom stereocenters. The van der Waals surface area contributed by atoms with Gasteiger partial charge in [0.1, 0.15) is 5.82 Å². The van der Waals surface area contributed by atoms with Crippen molar-refractivity contribution in [3.05, 3.63) is 76.9 Å². The van der Waals surface area contributed by atoms with Crippen LogP contribution in [0, 0.1) is 41.0 Å². The molecule has 1 radical (unpaired) electrons. The van der Waals surface area contributed by atoms with Gasteiger partial charge < -0.3 is 4.43 Å². The summed E-state index contributed by atoms with van der Waals surface area (Å²) < 4.78 is 94.7. The Bertz CT molecular complexity index is 1240. The topological polar surface area (TPSA) is 9.23 Å². The lowest BCUT2D eigenvalue weighted by atomic mass is 10.1. The SMILES string of the molecule is CC[Si](CC)(CC)CC[Si](Cc1ccccc1)(Oc1c(F)c(F)c2c(F)c(F)[c]c(F)c2c1F)C(C)C. The van der Waals surface area contributed by atoms with E-state index < -0.39 is 67.8 Å². The summed E-state index contributed by atoms with van der Waals surface area (Å²) in [6.07, 6.45) is 0. The second-order valence-electron chi connectivity index (χ2n) is 10.1.